The molecule has 0 radical (unpaired) electrons. The molecule has 2 aromatic heterocycles. The molecule has 2 aliphatic heterocycles. The number of hydrogen-bond acceptors (Lipinski definition) is 4. The second-order valence-corrected chi connectivity index (χ2v) is 10.00. The van der Waals surface area contributed by atoms with Crippen molar-refractivity contribution in [3.05, 3.63) is 62.4 Å². The van der Waals surface area contributed by atoms with Crippen LogP contribution < -0.4 is 5.56 Å². The predicted octanol–water partition coefficient (Wildman–Crippen LogP) is 5.17. The minimum atomic E-state index is -0.306. The Morgan fingerprint density at radius 1 is 1.03 bits per heavy atom. The second-order valence-electron chi connectivity index (χ2n) is 9.14. The van der Waals surface area contributed by atoms with E-state index in [2.05, 4.69) is 37.6 Å². The standard InChI is InChI=1S/C24H24BrFN4O/c25-16-5-4-6-18-20(16)22(31)28-23-24(11-2-1-3-12-24)21-19(30(18)23)8-7-17(27-21)15-9-13-29(26)14-10-15/h4-8,15H,1-3,9-14H2. The third-order valence-electron chi connectivity index (χ3n) is 7.45. The number of pyridine rings is 1. The Kier molecular flexibility index (Phi) is 4.54. The number of piperidine rings is 1. The van der Waals surface area contributed by atoms with Gasteiger partial charge in [0.15, 0.2) is 0 Å². The van der Waals surface area contributed by atoms with E-state index in [4.69, 9.17) is 4.98 Å². The SMILES string of the molecule is O=c1nc2n(c3cccc(Br)c13)-c1ccc(C3CCN(F)CC3)nc1C21CCCCC1. The number of aromatic nitrogens is 3. The van der Waals surface area contributed by atoms with Crippen molar-refractivity contribution in [2.75, 3.05) is 13.1 Å². The Bertz CT molecular complexity index is 1240. The highest BCUT2D eigenvalue weighted by molar-refractivity contribution is 9.10. The van der Waals surface area contributed by atoms with Gasteiger partial charge in [0.1, 0.15) is 5.82 Å². The molecule has 1 saturated carbocycles. The molecule has 0 bridgehead atoms. The average Bonchev–Trinajstić information content (AvgIpc) is 3.04. The summed E-state index contributed by atoms with van der Waals surface area (Å²) in [5.74, 6) is 1.13. The Labute approximate surface area is 188 Å². The number of halogens is 2. The van der Waals surface area contributed by atoms with E-state index in [0.717, 1.165) is 76.5 Å². The topological polar surface area (TPSA) is 51.0 Å². The van der Waals surface area contributed by atoms with Gasteiger partial charge < -0.3 is 0 Å². The van der Waals surface area contributed by atoms with E-state index in [0.29, 0.717) is 18.5 Å². The van der Waals surface area contributed by atoms with Crippen LogP contribution in [-0.2, 0) is 5.41 Å². The quantitative estimate of drug-likeness (QED) is 0.448. The second kappa shape index (κ2) is 7.20. The van der Waals surface area contributed by atoms with E-state index >= 15 is 0 Å². The summed E-state index contributed by atoms with van der Waals surface area (Å²) in [6.45, 7) is 0.923. The summed E-state index contributed by atoms with van der Waals surface area (Å²) in [5, 5.41) is 1.52. The molecule has 0 unspecified atom stereocenters. The molecule has 31 heavy (non-hydrogen) atoms. The number of hydrogen-bond donors (Lipinski definition) is 0. The monoisotopic (exact) mass is 482 g/mol. The van der Waals surface area contributed by atoms with Gasteiger partial charge >= 0.3 is 0 Å². The Hall–Kier alpha value is -2.12. The van der Waals surface area contributed by atoms with Crippen LogP contribution in [0.15, 0.2) is 39.6 Å². The van der Waals surface area contributed by atoms with E-state index in [1.807, 2.05) is 18.2 Å². The molecule has 2 fully saturated rings. The fraction of sp³-hybridized carbons (Fsp3) is 0.458. The third-order valence-corrected chi connectivity index (χ3v) is 8.11. The van der Waals surface area contributed by atoms with Crippen LogP contribution in [0.4, 0.5) is 4.48 Å². The first-order chi connectivity index (χ1) is 15.1. The largest absolute Gasteiger partial charge is 0.295 e. The molecular formula is C24H24BrFN4O. The van der Waals surface area contributed by atoms with E-state index in [1.54, 1.807) is 0 Å². The van der Waals surface area contributed by atoms with Crippen molar-refractivity contribution in [3.8, 4) is 5.69 Å². The van der Waals surface area contributed by atoms with Crippen LogP contribution in [-0.4, -0.2) is 32.7 Å². The molecule has 0 amide bonds. The van der Waals surface area contributed by atoms with Gasteiger partial charge in [-0.15, -0.1) is 9.60 Å². The average molecular weight is 483 g/mol. The molecular weight excluding hydrogens is 459 g/mol. The van der Waals surface area contributed by atoms with Crippen molar-refractivity contribution >= 4 is 26.8 Å². The third kappa shape index (κ3) is 2.85. The van der Waals surface area contributed by atoms with Gasteiger partial charge in [0.2, 0.25) is 0 Å². The lowest BCUT2D eigenvalue weighted by atomic mass is 9.71. The molecule has 0 atom stereocenters. The lowest BCUT2D eigenvalue weighted by molar-refractivity contribution is 0.000346. The van der Waals surface area contributed by atoms with Gasteiger partial charge in [-0.05, 0) is 65.9 Å². The molecule has 1 aromatic carbocycles. The molecule has 0 N–H and O–H groups in total. The molecule has 4 heterocycles. The van der Waals surface area contributed by atoms with Gasteiger partial charge in [0, 0.05) is 29.2 Å². The minimum absolute atomic E-state index is 0.179. The van der Waals surface area contributed by atoms with Crippen LogP contribution in [0.5, 0.6) is 0 Å². The summed E-state index contributed by atoms with van der Waals surface area (Å²) in [7, 11) is 0. The molecule has 3 aromatic rings. The number of nitrogens with zero attached hydrogens (tertiary/aromatic N) is 4. The molecule has 6 rings (SSSR count). The van der Waals surface area contributed by atoms with Crippen molar-refractivity contribution in [2.45, 2.75) is 56.3 Å². The van der Waals surface area contributed by atoms with Crippen molar-refractivity contribution in [1.82, 2.24) is 19.7 Å². The highest BCUT2D eigenvalue weighted by atomic mass is 79.9. The van der Waals surface area contributed by atoms with Crippen LogP contribution in [0.25, 0.3) is 16.6 Å². The molecule has 3 aliphatic rings. The highest BCUT2D eigenvalue weighted by Gasteiger charge is 2.48. The van der Waals surface area contributed by atoms with Gasteiger partial charge in [0.25, 0.3) is 5.56 Å². The maximum Gasteiger partial charge on any atom is 0.281 e. The number of benzene rings is 1. The van der Waals surface area contributed by atoms with E-state index < -0.39 is 0 Å². The fourth-order valence-corrected chi connectivity index (χ4v) is 6.41. The van der Waals surface area contributed by atoms with Gasteiger partial charge in [-0.3, -0.25) is 14.3 Å². The smallest absolute Gasteiger partial charge is 0.281 e. The lowest BCUT2D eigenvalue weighted by Crippen LogP contribution is -2.33. The molecule has 1 spiro atoms. The maximum absolute atomic E-state index is 13.5. The van der Waals surface area contributed by atoms with Crippen LogP contribution in [0, 0.1) is 0 Å². The van der Waals surface area contributed by atoms with Crippen LogP contribution in [0.1, 0.15) is 68.1 Å². The minimum Gasteiger partial charge on any atom is -0.295 e. The van der Waals surface area contributed by atoms with Gasteiger partial charge in [0.05, 0.1) is 27.7 Å². The summed E-state index contributed by atoms with van der Waals surface area (Å²) in [5.41, 5.74) is 3.56. The summed E-state index contributed by atoms with van der Waals surface area (Å²) in [6.07, 6.45) is 6.92. The number of fused-ring (bicyclic) bond motifs is 7. The van der Waals surface area contributed by atoms with E-state index in [-0.39, 0.29) is 16.9 Å². The van der Waals surface area contributed by atoms with Crippen molar-refractivity contribution in [3.63, 3.8) is 0 Å². The predicted molar refractivity (Wildman–Crippen MR) is 121 cm³/mol. The summed E-state index contributed by atoms with van der Waals surface area (Å²) >= 11 is 3.55. The van der Waals surface area contributed by atoms with Crippen LogP contribution in [0.3, 0.4) is 0 Å². The number of rotatable bonds is 1. The van der Waals surface area contributed by atoms with Crippen molar-refractivity contribution in [2.24, 2.45) is 0 Å². The van der Waals surface area contributed by atoms with Gasteiger partial charge in [-0.25, -0.2) is 0 Å². The first kappa shape index (κ1) is 19.6. The van der Waals surface area contributed by atoms with Gasteiger partial charge in [-0.1, -0.05) is 25.3 Å². The van der Waals surface area contributed by atoms with Crippen LogP contribution >= 0.6 is 15.9 Å². The summed E-state index contributed by atoms with van der Waals surface area (Å²) in [6, 6.07) is 10.1. The highest BCUT2D eigenvalue weighted by Crippen LogP contribution is 2.51. The first-order valence-corrected chi connectivity index (χ1v) is 12.0. The molecule has 5 nitrogen and oxygen atoms in total. The zero-order valence-corrected chi connectivity index (χ0v) is 18.9. The normalized spacial score (nSPS) is 20.8. The zero-order valence-electron chi connectivity index (χ0n) is 17.3. The van der Waals surface area contributed by atoms with Crippen molar-refractivity contribution in [1.29, 1.82) is 0 Å². The Balaban J connectivity index is 1.60. The lowest BCUT2D eigenvalue weighted by Gasteiger charge is -2.33. The molecule has 1 aliphatic carbocycles. The van der Waals surface area contributed by atoms with E-state index in [1.165, 1.54) is 6.42 Å². The van der Waals surface area contributed by atoms with E-state index in [9.17, 15) is 9.28 Å². The van der Waals surface area contributed by atoms with Gasteiger partial charge in [-0.2, -0.15) is 4.98 Å². The first-order valence-electron chi connectivity index (χ1n) is 11.2. The zero-order chi connectivity index (χ0) is 21.2. The van der Waals surface area contributed by atoms with Crippen LogP contribution in [0.2, 0.25) is 0 Å². The summed E-state index contributed by atoms with van der Waals surface area (Å²) in [4.78, 5) is 23.0. The maximum atomic E-state index is 13.5. The summed E-state index contributed by atoms with van der Waals surface area (Å²) < 4.78 is 16.5. The fourth-order valence-electron chi connectivity index (χ4n) is 5.88. The molecule has 160 valence electrons. The van der Waals surface area contributed by atoms with Crippen molar-refractivity contribution < 1.29 is 4.48 Å². The molecule has 7 heteroatoms. The Morgan fingerprint density at radius 3 is 2.58 bits per heavy atom. The molecule has 1 saturated heterocycles. The Morgan fingerprint density at radius 2 is 1.81 bits per heavy atom.